The number of aliphatic hydroxyl groups is 1. The summed E-state index contributed by atoms with van der Waals surface area (Å²) in [6.45, 7) is 3.51. The lowest BCUT2D eigenvalue weighted by Gasteiger charge is -2.46. The van der Waals surface area contributed by atoms with Crippen molar-refractivity contribution in [2.24, 2.45) is 0 Å². The first-order chi connectivity index (χ1) is 29.1. The van der Waals surface area contributed by atoms with Crippen LogP contribution in [0, 0.1) is 0 Å². The molecule has 0 saturated carbocycles. The lowest BCUT2D eigenvalue weighted by Crippen LogP contribution is -2.64. The van der Waals surface area contributed by atoms with Gasteiger partial charge < -0.3 is 52.5 Å². The number of hydrogen-bond acceptors (Lipinski definition) is 14. The molecule has 2 aliphatic rings. The van der Waals surface area contributed by atoms with Gasteiger partial charge >= 0.3 is 17.9 Å². The smallest absolute Gasteiger partial charge is 0.303 e. The topological polar surface area (TPSA) is 164 Å². The zero-order chi connectivity index (χ0) is 42.3. The lowest BCUT2D eigenvalue weighted by molar-refractivity contribution is -0.342. The van der Waals surface area contributed by atoms with Gasteiger partial charge in [0.2, 0.25) is 0 Å². The minimum Gasteiger partial charge on any atom is -0.463 e. The van der Waals surface area contributed by atoms with Crippen LogP contribution in [0.3, 0.4) is 0 Å². The van der Waals surface area contributed by atoms with Crippen LogP contribution in [0.15, 0.2) is 121 Å². The van der Waals surface area contributed by atoms with Crippen molar-refractivity contribution in [1.82, 2.24) is 0 Å². The summed E-state index contributed by atoms with van der Waals surface area (Å²) in [6, 6.07) is 38.0. The van der Waals surface area contributed by atoms with Gasteiger partial charge in [-0.3, -0.25) is 14.4 Å². The van der Waals surface area contributed by atoms with Crippen molar-refractivity contribution < 1.29 is 66.9 Å². The Morgan fingerprint density at radius 2 is 0.850 bits per heavy atom. The van der Waals surface area contributed by atoms with Gasteiger partial charge in [-0.25, -0.2) is 0 Å². The molecule has 1 N–H and O–H groups in total. The molecule has 0 aliphatic carbocycles. The van der Waals surface area contributed by atoms with E-state index in [9.17, 15) is 19.5 Å². The molecule has 4 aromatic carbocycles. The second-order valence-electron chi connectivity index (χ2n) is 14.4. The molecule has 10 atom stereocenters. The standard InChI is InChI=1S/C46H52O14/c1-30(47)51-28-38-40(57-31(2)48)42(58-32(3)49)44(55-27-36-22-14-7-15-23-36)46(60-38)56-29-37-39(52-24-33-16-8-4-9-17-33)41(53-25-34-18-10-5-11-19-34)43(45(50)59-37)54-26-35-20-12-6-13-21-35/h4-23,37-46,50H,24-29H2,1-3H3/t37-,38-,39-,40-,41+,42+,43-,44-,45+,46+/m1/s1. The van der Waals surface area contributed by atoms with Crippen molar-refractivity contribution >= 4 is 17.9 Å². The summed E-state index contributed by atoms with van der Waals surface area (Å²) in [7, 11) is 0. The van der Waals surface area contributed by atoms with Crippen LogP contribution in [-0.4, -0.2) is 97.6 Å². The minimum absolute atomic E-state index is 0.0329. The molecule has 2 fully saturated rings. The molecule has 0 bridgehead atoms. The first kappa shape index (κ1) is 44.5. The first-order valence-corrected chi connectivity index (χ1v) is 19.8. The van der Waals surface area contributed by atoms with E-state index in [1.54, 1.807) is 0 Å². The van der Waals surface area contributed by atoms with Crippen LogP contribution in [0.25, 0.3) is 0 Å². The highest BCUT2D eigenvalue weighted by molar-refractivity contribution is 5.68. The number of benzene rings is 4. The van der Waals surface area contributed by atoms with Gasteiger partial charge in [-0.2, -0.15) is 0 Å². The van der Waals surface area contributed by atoms with Crippen LogP contribution in [0.4, 0.5) is 0 Å². The summed E-state index contributed by atoms with van der Waals surface area (Å²) in [5.41, 5.74) is 3.44. The van der Waals surface area contributed by atoms with Gasteiger partial charge in [0, 0.05) is 20.8 Å². The molecule has 2 heterocycles. The Balaban J connectivity index is 1.31. The predicted molar refractivity (Wildman–Crippen MR) is 213 cm³/mol. The molecule has 0 amide bonds. The van der Waals surface area contributed by atoms with Crippen molar-refractivity contribution in [2.45, 2.75) is 109 Å². The zero-order valence-electron chi connectivity index (χ0n) is 33.8. The first-order valence-electron chi connectivity index (χ1n) is 19.8. The molecular weight excluding hydrogens is 776 g/mol. The molecule has 60 heavy (non-hydrogen) atoms. The molecule has 0 radical (unpaired) electrons. The second-order valence-corrected chi connectivity index (χ2v) is 14.4. The highest BCUT2D eigenvalue weighted by Crippen LogP contribution is 2.34. The number of carbonyl (C=O) groups excluding carboxylic acids is 3. The van der Waals surface area contributed by atoms with Crippen LogP contribution < -0.4 is 0 Å². The van der Waals surface area contributed by atoms with Crippen molar-refractivity contribution in [2.75, 3.05) is 13.2 Å². The maximum Gasteiger partial charge on any atom is 0.303 e. The van der Waals surface area contributed by atoms with Crippen molar-refractivity contribution in [3.63, 3.8) is 0 Å². The van der Waals surface area contributed by atoms with Crippen LogP contribution in [-0.2, 0) is 88.2 Å². The van der Waals surface area contributed by atoms with E-state index in [-0.39, 0.29) is 39.6 Å². The Morgan fingerprint density at radius 3 is 1.30 bits per heavy atom. The van der Waals surface area contributed by atoms with E-state index in [4.69, 9.17) is 47.4 Å². The Kier molecular flexibility index (Phi) is 16.7. The minimum atomic E-state index is -1.49. The van der Waals surface area contributed by atoms with Gasteiger partial charge in [-0.05, 0) is 22.3 Å². The van der Waals surface area contributed by atoms with E-state index >= 15 is 0 Å². The molecule has 0 unspecified atom stereocenters. The molecule has 0 spiro atoms. The Bertz CT molecular complexity index is 1900. The molecule has 14 heteroatoms. The highest BCUT2D eigenvalue weighted by atomic mass is 16.7. The average molecular weight is 829 g/mol. The summed E-state index contributed by atoms with van der Waals surface area (Å²) in [5.74, 6) is -1.99. The van der Waals surface area contributed by atoms with Crippen molar-refractivity contribution in [3.05, 3.63) is 144 Å². The number of aliphatic hydroxyl groups excluding tert-OH is 1. The third kappa shape index (κ3) is 13.0. The molecule has 2 aliphatic heterocycles. The fourth-order valence-electron chi connectivity index (χ4n) is 7.04. The van der Waals surface area contributed by atoms with Gasteiger partial charge in [0.05, 0.1) is 33.0 Å². The predicted octanol–water partition coefficient (Wildman–Crippen LogP) is 5.21. The third-order valence-electron chi connectivity index (χ3n) is 9.82. The number of carbonyl (C=O) groups is 3. The van der Waals surface area contributed by atoms with Crippen molar-refractivity contribution in [3.8, 4) is 0 Å². The quantitative estimate of drug-likeness (QED) is 0.0968. The van der Waals surface area contributed by atoms with Crippen LogP contribution in [0.1, 0.15) is 43.0 Å². The molecule has 0 aromatic heterocycles. The average Bonchev–Trinajstić information content (AvgIpc) is 3.25. The molecule has 320 valence electrons. The van der Waals surface area contributed by atoms with E-state index < -0.39 is 79.3 Å². The van der Waals surface area contributed by atoms with Gasteiger partial charge in [-0.15, -0.1) is 0 Å². The largest absolute Gasteiger partial charge is 0.463 e. The number of ether oxygens (including phenoxy) is 10. The van der Waals surface area contributed by atoms with Crippen molar-refractivity contribution in [1.29, 1.82) is 0 Å². The summed E-state index contributed by atoms with van der Waals surface area (Å²) < 4.78 is 61.9. The highest BCUT2D eigenvalue weighted by Gasteiger charge is 2.53. The molecule has 2 saturated heterocycles. The van der Waals surface area contributed by atoms with Crippen LogP contribution >= 0.6 is 0 Å². The summed E-state index contributed by atoms with van der Waals surface area (Å²) in [4.78, 5) is 37.0. The Labute approximate surface area is 349 Å². The number of rotatable bonds is 19. The molecule has 4 aromatic rings. The van der Waals surface area contributed by atoms with Gasteiger partial charge in [-0.1, -0.05) is 121 Å². The summed E-state index contributed by atoms with van der Waals surface area (Å²) in [5, 5.41) is 11.7. The van der Waals surface area contributed by atoms with E-state index in [2.05, 4.69) is 0 Å². The fourth-order valence-corrected chi connectivity index (χ4v) is 7.04. The number of hydrogen-bond donors (Lipinski definition) is 1. The zero-order valence-corrected chi connectivity index (χ0v) is 33.8. The normalized spacial score (nSPS) is 26.5. The third-order valence-corrected chi connectivity index (χ3v) is 9.82. The van der Waals surface area contributed by atoms with E-state index in [0.29, 0.717) is 0 Å². The van der Waals surface area contributed by atoms with Crippen LogP contribution in [0.5, 0.6) is 0 Å². The molecule has 6 rings (SSSR count). The summed E-state index contributed by atoms with van der Waals surface area (Å²) in [6.07, 6.45) is -11.4. The fraction of sp³-hybridized carbons (Fsp3) is 0.413. The van der Waals surface area contributed by atoms with E-state index in [0.717, 1.165) is 22.3 Å². The number of esters is 3. The maximum atomic E-state index is 12.6. The van der Waals surface area contributed by atoms with Gasteiger partial charge in [0.25, 0.3) is 0 Å². The van der Waals surface area contributed by atoms with E-state index in [1.807, 2.05) is 121 Å². The SMILES string of the molecule is CC(=O)OC[C@H]1O[C@H](OC[C@H]2O[C@H](O)[C@H](OCc3ccccc3)[C@@H](OCc3ccccc3)[C@@H]2OCc2ccccc2)[C@H](OCc2ccccc2)[C@@H](OC(C)=O)[C@@H]1OC(C)=O. The van der Waals surface area contributed by atoms with Crippen LogP contribution in [0.2, 0.25) is 0 Å². The maximum absolute atomic E-state index is 12.6. The van der Waals surface area contributed by atoms with Gasteiger partial charge in [0.1, 0.15) is 43.2 Å². The Hall–Kier alpha value is -5.03. The monoisotopic (exact) mass is 828 g/mol. The second kappa shape index (κ2) is 22.5. The lowest BCUT2D eigenvalue weighted by atomic mass is 9.97. The molecule has 14 nitrogen and oxygen atoms in total. The summed E-state index contributed by atoms with van der Waals surface area (Å²) >= 11 is 0. The van der Waals surface area contributed by atoms with E-state index in [1.165, 1.54) is 20.8 Å². The van der Waals surface area contributed by atoms with Gasteiger partial charge in [0.15, 0.2) is 24.8 Å². The molecular formula is C46H52O14. The Morgan fingerprint density at radius 1 is 0.450 bits per heavy atom.